The second kappa shape index (κ2) is 5.68. The smallest absolute Gasteiger partial charge is 0.0574 e. The monoisotopic (exact) mass is 266 g/mol. The van der Waals surface area contributed by atoms with E-state index in [1.807, 2.05) is 14.1 Å². The minimum atomic E-state index is 0.270. The van der Waals surface area contributed by atoms with Gasteiger partial charge >= 0.3 is 0 Å². The van der Waals surface area contributed by atoms with Crippen molar-refractivity contribution in [2.75, 3.05) is 19.4 Å². The van der Waals surface area contributed by atoms with Crippen LogP contribution in [0.15, 0.2) is 42.5 Å². The fraction of sp³-hybridized carbons (Fsp3) is 0.333. The van der Waals surface area contributed by atoms with Gasteiger partial charge in [-0.3, -0.25) is 0 Å². The topological polar surface area (TPSA) is 24.1 Å². The summed E-state index contributed by atoms with van der Waals surface area (Å²) < 4.78 is 0. The Morgan fingerprint density at radius 3 is 2.25 bits per heavy atom. The van der Waals surface area contributed by atoms with Crippen molar-refractivity contribution < 1.29 is 0 Å². The Labute approximate surface area is 121 Å². The molecule has 0 aromatic heterocycles. The summed E-state index contributed by atoms with van der Waals surface area (Å²) in [6, 6.07) is 15.9. The maximum Gasteiger partial charge on any atom is 0.0574 e. The van der Waals surface area contributed by atoms with E-state index in [0.717, 1.165) is 5.69 Å². The zero-order chi connectivity index (χ0) is 13.9. The molecule has 1 aliphatic rings. The third kappa shape index (κ3) is 2.44. The normalized spacial score (nSPS) is 14.9. The van der Waals surface area contributed by atoms with Gasteiger partial charge in [0, 0.05) is 12.7 Å². The minimum Gasteiger partial charge on any atom is -0.388 e. The van der Waals surface area contributed by atoms with Crippen molar-refractivity contribution in [1.29, 1.82) is 0 Å². The molecule has 1 aliphatic carbocycles. The molecule has 1 unspecified atom stereocenters. The van der Waals surface area contributed by atoms with E-state index < -0.39 is 0 Å². The fourth-order valence-electron chi connectivity index (χ4n) is 3.14. The molecule has 0 heterocycles. The molecule has 0 amide bonds. The number of rotatable bonds is 4. The molecule has 2 N–H and O–H groups in total. The van der Waals surface area contributed by atoms with Gasteiger partial charge in [-0.05, 0) is 60.7 Å². The Morgan fingerprint density at radius 2 is 1.55 bits per heavy atom. The Kier molecular flexibility index (Phi) is 3.75. The van der Waals surface area contributed by atoms with Crippen LogP contribution in [0.2, 0.25) is 0 Å². The quantitative estimate of drug-likeness (QED) is 0.884. The van der Waals surface area contributed by atoms with Crippen LogP contribution in [-0.4, -0.2) is 14.1 Å². The summed E-state index contributed by atoms with van der Waals surface area (Å²) in [6.45, 7) is 0. The first-order valence-corrected chi connectivity index (χ1v) is 7.38. The van der Waals surface area contributed by atoms with Crippen LogP contribution in [0.5, 0.6) is 0 Å². The summed E-state index contributed by atoms with van der Waals surface area (Å²) in [5.74, 6) is 0. The molecule has 2 heteroatoms. The first-order chi connectivity index (χ1) is 9.81. The fourth-order valence-corrected chi connectivity index (χ4v) is 3.14. The Hall–Kier alpha value is -1.80. The SMILES string of the molecule is CNc1ccc(C(NC)c2ccc3c(c2)CCC3)cc1. The van der Waals surface area contributed by atoms with Gasteiger partial charge < -0.3 is 10.6 Å². The number of nitrogens with one attached hydrogen (secondary N) is 2. The van der Waals surface area contributed by atoms with Crippen molar-refractivity contribution >= 4 is 5.69 Å². The average molecular weight is 266 g/mol. The average Bonchev–Trinajstić information content (AvgIpc) is 2.96. The van der Waals surface area contributed by atoms with E-state index in [2.05, 4.69) is 53.1 Å². The van der Waals surface area contributed by atoms with E-state index in [0.29, 0.717) is 0 Å². The van der Waals surface area contributed by atoms with Crippen LogP contribution in [-0.2, 0) is 12.8 Å². The van der Waals surface area contributed by atoms with Crippen LogP contribution in [0.4, 0.5) is 5.69 Å². The van der Waals surface area contributed by atoms with E-state index in [9.17, 15) is 0 Å². The van der Waals surface area contributed by atoms with Crippen molar-refractivity contribution in [3.63, 3.8) is 0 Å². The highest BCUT2D eigenvalue weighted by Crippen LogP contribution is 2.28. The summed E-state index contributed by atoms with van der Waals surface area (Å²) in [6.07, 6.45) is 3.79. The Morgan fingerprint density at radius 1 is 0.850 bits per heavy atom. The maximum absolute atomic E-state index is 3.44. The standard InChI is InChI=1S/C18H22N2/c1-19-17-10-8-14(9-11-17)18(20-2)16-7-6-13-4-3-5-15(13)12-16/h6-12,18-20H,3-5H2,1-2H3. The molecule has 0 saturated heterocycles. The summed E-state index contributed by atoms with van der Waals surface area (Å²) >= 11 is 0. The Balaban J connectivity index is 1.92. The lowest BCUT2D eigenvalue weighted by Crippen LogP contribution is -2.17. The highest BCUT2D eigenvalue weighted by molar-refractivity contribution is 5.47. The largest absolute Gasteiger partial charge is 0.388 e. The number of benzene rings is 2. The van der Waals surface area contributed by atoms with E-state index in [-0.39, 0.29) is 6.04 Å². The highest BCUT2D eigenvalue weighted by Gasteiger charge is 2.16. The molecule has 2 aromatic carbocycles. The molecule has 104 valence electrons. The van der Waals surface area contributed by atoms with Crippen molar-refractivity contribution in [2.24, 2.45) is 0 Å². The molecule has 20 heavy (non-hydrogen) atoms. The summed E-state index contributed by atoms with van der Waals surface area (Å²) in [5.41, 5.74) is 6.90. The molecular weight excluding hydrogens is 244 g/mol. The predicted octanol–water partition coefficient (Wildman–Crippen LogP) is 3.53. The van der Waals surface area contributed by atoms with E-state index in [1.165, 1.54) is 41.5 Å². The second-order valence-corrected chi connectivity index (χ2v) is 5.48. The van der Waals surface area contributed by atoms with Gasteiger partial charge in [0.05, 0.1) is 6.04 Å². The first kappa shape index (κ1) is 13.2. The number of hydrogen-bond acceptors (Lipinski definition) is 2. The lowest BCUT2D eigenvalue weighted by molar-refractivity contribution is 0.691. The number of hydrogen-bond donors (Lipinski definition) is 2. The van der Waals surface area contributed by atoms with Crippen molar-refractivity contribution in [3.8, 4) is 0 Å². The van der Waals surface area contributed by atoms with Gasteiger partial charge in [-0.25, -0.2) is 0 Å². The third-order valence-corrected chi connectivity index (χ3v) is 4.28. The summed E-state index contributed by atoms with van der Waals surface area (Å²) in [5, 5.41) is 6.61. The Bertz CT molecular complexity index is 587. The zero-order valence-electron chi connectivity index (χ0n) is 12.2. The van der Waals surface area contributed by atoms with E-state index in [1.54, 1.807) is 0 Å². The molecule has 3 rings (SSSR count). The molecule has 1 atom stereocenters. The molecule has 0 radical (unpaired) electrons. The van der Waals surface area contributed by atoms with E-state index in [4.69, 9.17) is 0 Å². The van der Waals surface area contributed by atoms with Gasteiger partial charge in [0.15, 0.2) is 0 Å². The summed E-state index contributed by atoms with van der Waals surface area (Å²) in [4.78, 5) is 0. The molecule has 0 bridgehead atoms. The lowest BCUT2D eigenvalue weighted by atomic mass is 9.95. The number of anilines is 1. The molecular formula is C18H22N2. The van der Waals surface area contributed by atoms with Crippen LogP contribution in [0.25, 0.3) is 0 Å². The molecule has 2 aromatic rings. The van der Waals surface area contributed by atoms with Crippen LogP contribution in [0, 0.1) is 0 Å². The lowest BCUT2D eigenvalue weighted by Gasteiger charge is -2.19. The van der Waals surface area contributed by atoms with Gasteiger partial charge in [0.25, 0.3) is 0 Å². The van der Waals surface area contributed by atoms with Gasteiger partial charge in [0.2, 0.25) is 0 Å². The van der Waals surface area contributed by atoms with Crippen molar-refractivity contribution in [3.05, 3.63) is 64.7 Å². The highest BCUT2D eigenvalue weighted by atomic mass is 14.9. The maximum atomic E-state index is 3.44. The van der Waals surface area contributed by atoms with Crippen LogP contribution < -0.4 is 10.6 Å². The van der Waals surface area contributed by atoms with E-state index >= 15 is 0 Å². The van der Waals surface area contributed by atoms with Crippen LogP contribution in [0.1, 0.15) is 34.7 Å². The van der Waals surface area contributed by atoms with Crippen molar-refractivity contribution in [1.82, 2.24) is 5.32 Å². The molecule has 0 aliphatic heterocycles. The number of fused-ring (bicyclic) bond motifs is 1. The molecule has 0 saturated carbocycles. The van der Waals surface area contributed by atoms with Gasteiger partial charge in [-0.15, -0.1) is 0 Å². The van der Waals surface area contributed by atoms with Gasteiger partial charge in [-0.1, -0.05) is 30.3 Å². The zero-order valence-corrected chi connectivity index (χ0v) is 12.2. The van der Waals surface area contributed by atoms with Crippen LogP contribution in [0.3, 0.4) is 0 Å². The predicted molar refractivity (Wildman–Crippen MR) is 85.4 cm³/mol. The second-order valence-electron chi connectivity index (χ2n) is 5.48. The number of aryl methyl sites for hydroxylation is 2. The summed E-state index contributed by atoms with van der Waals surface area (Å²) in [7, 11) is 3.98. The van der Waals surface area contributed by atoms with Gasteiger partial charge in [-0.2, -0.15) is 0 Å². The minimum absolute atomic E-state index is 0.270. The van der Waals surface area contributed by atoms with Crippen molar-refractivity contribution in [2.45, 2.75) is 25.3 Å². The van der Waals surface area contributed by atoms with Gasteiger partial charge in [0.1, 0.15) is 0 Å². The molecule has 0 spiro atoms. The molecule has 2 nitrogen and oxygen atoms in total. The third-order valence-electron chi connectivity index (χ3n) is 4.28. The van der Waals surface area contributed by atoms with Crippen LogP contribution >= 0.6 is 0 Å². The molecule has 0 fully saturated rings. The first-order valence-electron chi connectivity index (χ1n) is 7.38.